The van der Waals surface area contributed by atoms with E-state index >= 15 is 0 Å². The van der Waals surface area contributed by atoms with Crippen LogP contribution in [0.1, 0.15) is 19.8 Å². The molecule has 1 heterocycles. The summed E-state index contributed by atoms with van der Waals surface area (Å²) in [6, 6.07) is 0. The van der Waals surface area contributed by atoms with Crippen LogP contribution in [-0.2, 0) is 4.79 Å². The molecule has 1 amide bonds. The lowest BCUT2D eigenvalue weighted by Gasteiger charge is -2.27. The van der Waals surface area contributed by atoms with Gasteiger partial charge in [-0.15, -0.1) is 0 Å². The van der Waals surface area contributed by atoms with Crippen LogP contribution in [0.25, 0.3) is 0 Å². The molecule has 0 aliphatic carbocycles. The topological polar surface area (TPSA) is 60.8 Å². The molecule has 0 spiro atoms. The fourth-order valence-electron chi connectivity index (χ4n) is 1.10. The van der Waals surface area contributed by atoms with Crippen molar-refractivity contribution < 1.29 is 15.0 Å². The van der Waals surface area contributed by atoms with Crippen LogP contribution in [0.15, 0.2) is 0 Å². The molecule has 0 unspecified atom stereocenters. The Morgan fingerprint density at radius 2 is 2.20 bits per heavy atom. The maximum Gasteiger partial charge on any atom is 0.245 e. The van der Waals surface area contributed by atoms with Crippen LogP contribution in [0.2, 0.25) is 0 Å². The van der Waals surface area contributed by atoms with E-state index in [4.69, 9.17) is 10.2 Å². The van der Waals surface area contributed by atoms with Crippen molar-refractivity contribution in [2.24, 2.45) is 0 Å². The largest absolute Gasteiger partial charge is 0.349 e. The van der Waals surface area contributed by atoms with Gasteiger partial charge in [-0.25, -0.2) is 0 Å². The van der Waals surface area contributed by atoms with E-state index < -0.39 is 5.91 Å². The number of aliphatic hydroxyl groups is 2. The zero-order chi connectivity index (χ0) is 7.78. The van der Waals surface area contributed by atoms with E-state index in [0.29, 0.717) is 13.0 Å². The van der Waals surface area contributed by atoms with Gasteiger partial charge in [0, 0.05) is 19.9 Å². The number of likely N-dealkylation sites (tertiary alicyclic amines) is 1. The van der Waals surface area contributed by atoms with Crippen molar-refractivity contribution in [3.05, 3.63) is 0 Å². The summed E-state index contributed by atoms with van der Waals surface area (Å²) in [7, 11) is 0. The minimum atomic E-state index is -1.96. The van der Waals surface area contributed by atoms with Crippen molar-refractivity contribution in [2.45, 2.75) is 25.7 Å². The summed E-state index contributed by atoms with van der Waals surface area (Å²) in [6.45, 7) is 1.64. The smallest absolute Gasteiger partial charge is 0.245 e. The Bertz CT molecular complexity index is 150. The summed E-state index contributed by atoms with van der Waals surface area (Å²) in [5, 5.41) is 17.9. The predicted molar refractivity (Wildman–Crippen MR) is 33.8 cm³/mol. The Morgan fingerprint density at radius 3 is 2.40 bits per heavy atom. The summed E-state index contributed by atoms with van der Waals surface area (Å²) in [5.41, 5.74) is 0. The van der Waals surface area contributed by atoms with E-state index in [9.17, 15) is 4.79 Å². The normalized spacial score (nSPS) is 20.3. The van der Waals surface area contributed by atoms with Gasteiger partial charge in [-0.3, -0.25) is 9.69 Å². The van der Waals surface area contributed by atoms with E-state index in [1.165, 1.54) is 6.92 Å². The first-order valence-electron chi connectivity index (χ1n) is 3.27. The third kappa shape index (κ3) is 1.27. The monoisotopic (exact) mass is 145 g/mol. The third-order valence-electron chi connectivity index (χ3n) is 1.58. The number of carbonyl (C=O) groups is 1. The summed E-state index contributed by atoms with van der Waals surface area (Å²) in [6.07, 6.45) is 1.15. The number of hydrogen-bond acceptors (Lipinski definition) is 3. The van der Waals surface area contributed by atoms with Crippen LogP contribution in [0.5, 0.6) is 0 Å². The fourth-order valence-corrected chi connectivity index (χ4v) is 1.10. The van der Waals surface area contributed by atoms with Gasteiger partial charge in [-0.1, -0.05) is 0 Å². The highest BCUT2D eigenvalue weighted by Gasteiger charge is 2.33. The molecule has 0 atom stereocenters. The number of rotatable bonds is 1. The van der Waals surface area contributed by atoms with Crippen LogP contribution in [0.3, 0.4) is 0 Å². The molecule has 4 heteroatoms. The molecule has 4 nitrogen and oxygen atoms in total. The first-order chi connectivity index (χ1) is 4.52. The van der Waals surface area contributed by atoms with Crippen LogP contribution in [-0.4, -0.2) is 33.5 Å². The Hall–Kier alpha value is -0.610. The molecule has 0 saturated carbocycles. The molecule has 1 saturated heterocycles. The first-order valence-corrected chi connectivity index (χ1v) is 3.27. The lowest BCUT2D eigenvalue weighted by Crippen LogP contribution is -2.46. The number of amides is 1. The average Bonchev–Trinajstić information content (AvgIpc) is 2.11. The summed E-state index contributed by atoms with van der Waals surface area (Å²) < 4.78 is 0. The third-order valence-corrected chi connectivity index (χ3v) is 1.58. The van der Waals surface area contributed by atoms with Gasteiger partial charge < -0.3 is 10.2 Å². The molecule has 1 rings (SSSR count). The number of hydrogen-bond donors (Lipinski definition) is 2. The van der Waals surface area contributed by atoms with E-state index in [0.717, 1.165) is 11.3 Å². The van der Waals surface area contributed by atoms with Gasteiger partial charge in [-0.05, 0) is 6.42 Å². The highest BCUT2D eigenvalue weighted by atomic mass is 16.5. The standard InChI is InChI=1S/C6H11NO3/c1-6(9,10)7-4-2-3-5(7)8/h9-10H,2-4H2,1H3. The highest BCUT2D eigenvalue weighted by Crippen LogP contribution is 2.17. The van der Waals surface area contributed by atoms with E-state index in [2.05, 4.69) is 0 Å². The molecular formula is C6H11NO3. The quantitative estimate of drug-likeness (QED) is 0.478. The van der Waals surface area contributed by atoms with Crippen LogP contribution in [0.4, 0.5) is 0 Å². The van der Waals surface area contributed by atoms with Gasteiger partial charge in [0.1, 0.15) is 0 Å². The molecular weight excluding hydrogens is 134 g/mol. The fraction of sp³-hybridized carbons (Fsp3) is 0.833. The average molecular weight is 145 g/mol. The lowest BCUT2D eigenvalue weighted by molar-refractivity contribution is -0.239. The molecule has 1 fully saturated rings. The zero-order valence-electron chi connectivity index (χ0n) is 5.87. The van der Waals surface area contributed by atoms with Crippen molar-refractivity contribution in [2.75, 3.05) is 6.54 Å². The summed E-state index contributed by atoms with van der Waals surface area (Å²) in [5.74, 6) is -2.15. The molecule has 2 N–H and O–H groups in total. The zero-order valence-corrected chi connectivity index (χ0v) is 5.87. The minimum Gasteiger partial charge on any atom is -0.349 e. The summed E-state index contributed by atoms with van der Waals surface area (Å²) >= 11 is 0. The number of nitrogens with zero attached hydrogens (tertiary/aromatic N) is 1. The van der Waals surface area contributed by atoms with Crippen molar-refractivity contribution in [1.82, 2.24) is 4.90 Å². The van der Waals surface area contributed by atoms with Gasteiger partial charge in [0.25, 0.3) is 0 Å². The Kier molecular flexibility index (Phi) is 1.66. The van der Waals surface area contributed by atoms with Gasteiger partial charge >= 0.3 is 0 Å². The molecule has 1 aliphatic heterocycles. The van der Waals surface area contributed by atoms with Gasteiger partial charge in [0.15, 0.2) is 0 Å². The van der Waals surface area contributed by atoms with Crippen LogP contribution < -0.4 is 0 Å². The maximum absolute atomic E-state index is 10.8. The van der Waals surface area contributed by atoms with E-state index in [1.807, 2.05) is 0 Å². The van der Waals surface area contributed by atoms with Gasteiger partial charge in [-0.2, -0.15) is 0 Å². The van der Waals surface area contributed by atoms with Crippen molar-refractivity contribution >= 4 is 5.91 Å². The molecule has 10 heavy (non-hydrogen) atoms. The number of carbonyl (C=O) groups excluding carboxylic acids is 1. The molecule has 0 aromatic heterocycles. The van der Waals surface area contributed by atoms with Crippen LogP contribution >= 0.6 is 0 Å². The van der Waals surface area contributed by atoms with Crippen LogP contribution in [0, 0.1) is 0 Å². The van der Waals surface area contributed by atoms with Gasteiger partial charge in [0.05, 0.1) is 0 Å². The lowest BCUT2D eigenvalue weighted by atomic mass is 10.4. The molecule has 0 bridgehead atoms. The van der Waals surface area contributed by atoms with Crippen molar-refractivity contribution in [3.63, 3.8) is 0 Å². The predicted octanol–water partition coefficient (Wildman–Crippen LogP) is -0.733. The Labute approximate surface area is 59.1 Å². The van der Waals surface area contributed by atoms with Gasteiger partial charge in [0.2, 0.25) is 11.8 Å². The van der Waals surface area contributed by atoms with Crippen molar-refractivity contribution in [3.8, 4) is 0 Å². The first kappa shape index (κ1) is 7.50. The van der Waals surface area contributed by atoms with E-state index in [1.54, 1.807) is 0 Å². The SMILES string of the molecule is CC(O)(O)N1CCCC1=O. The Morgan fingerprint density at radius 1 is 1.60 bits per heavy atom. The van der Waals surface area contributed by atoms with E-state index in [-0.39, 0.29) is 5.91 Å². The second-order valence-electron chi connectivity index (χ2n) is 2.62. The Balaban J connectivity index is 2.64. The minimum absolute atomic E-state index is 0.187. The molecule has 58 valence electrons. The molecule has 0 radical (unpaired) electrons. The van der Waals surface area contributed by atoms with Crippen molar-refractivity contribution in [1.29, 1.82) is 0 Å². The highest BCUT2D eigenvalue weighted by molar-refractivity contribution is 5.78. The summed E-state index contributed by atoms with van der Waals surface area (Å²) in [4.78, 5) is 11.9. The second-order valence-corrected chi connectivity index (χ2v) is 2.62. The molecule has 0 aromatic carbocycles. The molecule has 1 aliphatic rings. The second kappa shape index (κ2) is 2.21. The molecule has 0 aromatic rings. The maximum atomic E-state index is 10.8.